The molecule has 2 rings (SSSR count). The van der Waals surface area contributed by atoms with Crippen molar-refractivity contribution in [2.75, 3.05) is 13.6 Å². The van der Waals surface area contributed by atoms with Crippen molar-refractivity contribution >= 4 is 34.7 Å². The lowest BCUT2D eigenvalue weighted by Gasteiger charge is -2.30. The number of carbonyl (C=O) groups is 3. The number of hydrazone groups is 1. The minimum Gasteiger partial charge on any atom is -0.358 e. The quantitative estimate of drug-likeness (QED) is 0.797. The van der Waals surface area contributed by atoms with Crippen molar-refractivity contribution in [2.45, 2.75) is 18.6 Å². The molecule has 0 radical (unpaired) electrons. The SMILES string of the molecule is CCN1C(=O)CC(C(=O)NC)SC1=NNC(=O)c1ccccc1. The van der Waals surface area contributed by atoms with Gasteiger partial charge in [-0.15, -0.1) is 5.10 Å². The molecule has 1 fully saturated rings. The Morgan fingerprint density at radius 2 is 2.04 bits per heavy atom. The van der Waals surface area contributed by atoms with Gasteiger partial charge in [-0.2, -0.15) is 0 Å². The summed E-state index contributed by atoms with van der Waals surface area (Å²) in [4.78, 5) is 37.4. The van der Waals surface area contributed by atoms with Gasteiger partial charge in [-0.25, -0.2) is 5.43 Å². The zero-order valence-corrected chi connectivity index (χ0v) is 13.7. The largest absolute Gasteiger partial charge is 0.358 e. The molecular weight excluding hydrogens is 316 g/mol. The number of hydrogen-bond acceptors (Lipinski definition) is 5. The van der Waals surface area contributed by atoms with Crippen LogP contribution in [0.5, 0.6) is 0 Å². The third-order valence-electron chi connectivity index (χ3n) is 3.28. The first-order chi connectivity index (χ1) is 11.1. The van der Waals surface area contributed by atoms with Crippen molar-refractivity contribution in [1.29, 1.82) is 0 Å². The Kier molecular flexibility index (Phi) is 5.75. The van der Waals surface area contributed by atoms with Crippen molar-refractivity contribution in [3.63, 3.8) is 0 Å². The lowest BCUT2D eigenvalue weighted by atomic mass is 10.2. The topological polar surface area (TPSA) is 90.9 Å². The molecule has 122 valence electrons. The Morgan fingerprint density at radius 3 is 2.65 bits per heavy atom. The molecule has 8 heteroatoms. The van der Waals surface area contributed by atoms with Crippen LogP contribution in [0.15, 0.2) is 35.4 Å². The molecule has 1 aliphatic heterocycles. The molecule has 1 aromatic rings. The van der Waals surface area contributed by atoms with Crippen LogP contribution in [0, 0.1) is 0 Å². The molecule has 0 aromatic heterocycles. The number of amides is 3. The summed E-state index contributed by atoms with van der Waals surface area (Å²) in [6.07, 6.45) is 0.115. The second kappa shape index (κ2) is 7.77. The van der Waals surface area contributed by atoms with Crippen LogP contribution in [0.4, 0.5) is 0 Å². The van der Waals surface area contributed by atoms with Crippen LogP contribution in [0.25, 0.3) is 0 Å². The van der Waals surface area contributed by atoms with Gasteiger partial charge in [-0.1, -0.05) is 30.0 Å². The fraction of sp³-hybridized carbons (Fsp3) is 0.333. The number of hydrogen-bond donors (Lipinski definition) is 2. The summed E-state index contributed by atoms with van der Waals surface area (Å²) >= 11 is 1.17. The van der Waals surface area contributed by atoms with Gasteiger partial charge in [0.15, 0.2) is 5.17 Å². The molecule has 0 aliphatic carbocycles. The van der Waals surface area contributed by atoms with Gasteiger partial charge in [0, 0.05) is 25.6 Å². The van der Waals surface area contributed by atoms with Gasteiger partial charge >= 0.3 is 0 Å². The summed E-state index contributed by atoms with van der Waals surface area (Å²) in [5.74, 6) is -0.794. The Labute approximate surface area is 138 Å². The Hall–Kier alpha value is -2.35. The molecule has 1 saturated heterocycles. The van der Waals surface area contributed by atoms with E-state index in [-0.39, 0.29) is 24.1 Å². The fourth-order valence-electron chi connectivity index (χ4n) is 2.07. The molecule has 0 spiro atoms. The molecule has 23 heavy (non-hydrogen) atoms. The number of thioether (sulfide) groups is 1. The number of carbonyl (C=O) groups excluding carboxylic acids is 3. The predicted octanol–water partition coefficient (Wildman–Crippen LogP) is 0.787. The average Bonchev–Trinajstić information content (AvgIpc) is 2.59. The maximum atomic E-state index is 12.1. The van der Waals surface area contributed by atoms with Crippen LogP contribution in [-0.4, -0.2) is 46.6 Å². The lowest BCUT2D eigenvalue weighted by molar-refractivity contribution is -0.130. The zero-order valence-electron chi connectivity index (χ0n) is 12.9. The molecular formula is C15H18N4O3S. The van der Waals surface area contributed by atoms with E-state index in [0.29, 0.717) is 17.3 Å². The van der Waals surface area contributed by atoms with Crippen molar-refractivity contribution in [1.82, 2.24) is 15.6 Å². The van der Waals surface area contributed by atoms with E-state index in [4.69, 9.17) is 0 Å². The van der Waals surface area contributed by atoms with Gasteiger partial charge in [0.1, 0.15) is 0 Å². The Balaban J connectivity index is 2.14. The highest BCUT2D eigenvalue weighted by Gasteiger charge is 2.34. The summed E-state index contributed by atoms with van der Waals surface area (Å²) in [6.45, 7) is 2.24. The van der Waals surface area contributed by atoms with Gasteiger partial charge in [0.05, 0.1) is 5.25 Å². The molecule has 2 N–H and O–H groups in total. The van der Waals surface area contributed by atoms with Crippen molar-refractivity contribution < 1.29 is 14.4 Å². The number of nitrogens with zero attached hydrogens (tertiary/aromatic N) is 2. The summed E-state index contributed by atoms with van der Waals surface area (Å²) < 4.78 is 0. The number of nitrogens with one attached hydrogen (secondary N) is 2. The summed E-state index contributed by atoms with van der Waals surface area (Å²) in [6, 6.07) is 8.64. The first-order valence-electron chi connectivity index (χ1n) is 7.18. The highest BCUT2D eigenvalue weighted by Crippen LogP contribution is 2.26. The maximum Gasteiger partial charge on any atom is 0.271 e. The molecule has 0 saturated carbocycles. The van der Waals surface area contributed by atoms with Crippen molar-refractivity contribution in [3.8, 4) is 0 Å². The van der Waals surface area contributed by atoms with E-state index >= 15 is 0 Å². The van der Waals surface area contributed by atoms with Gasteiger partial charge < -0.3 is 5.32 Å². The van der Waals surface area contributed by atoms with E-state index in [1.807, 2.05) is 13.0 Å². The zero-order chi connectivity index (χ0) is 16.8. The standard InChI is InChI=1S/C15H18N4O3S/c1-3-19-12(20)9-11(14(22)16-2)23-15(19)18-17-13(21)10-7-5-4-6-8-10/h4-8,11H,3,9H2,1-2H3,(H,16,22)(H,17,21). The van der Waals surface area contributed by atoms with E-state index in [1.54, 1.807) is 24.3 Å². The summed E-state index contributed by atoms with van der Waals surface area (Å²) in [5.41, 5.74) is 2.90. The van der Waals surface area contributed by atoms with Crippen LogP contribution in [-0.2, 0) is 9.59 Å². The van der Waals surface area contributed by atoms with Crippen molar-refractivity contribution in [2.24, 2.45) is 5.10 Å². The van der Waals surface area contributed by atoms with E-state index in [9.17, 15) is 14.4 Å². The van der Waals surface area contributed by atoms with Gasteiger partial charge in [0.2, 0.25) is 11.8 Å². The van der Waals surface area contributed by atoms with Crippen LogP contribution in [0.2, 0.25) is 0 Å². The van der Waals surface area contributed by atoms with E-state index in [1.165, 1.54) is 23.7 Å². The van der Waals surface area contributed by atoms with Gasteiger partial charge in [-0.05, 0) is 19.1 Å². The summed E-state index contributed by atoms with van der Waals surface area (Å²) in [7, 11) is 1.52. The molecule has 1 atom stereocenters. The monoisotopic (exact) mass is 334 g/mol. The van der Waals surface area contributed by atoms with Crippen LogP contribution in [0.1, 0.15) is 23.7 Å². The minimum atomic E-state index is -0.539. The highest BCUT2D eigenvalue weighted by atomic mass is 32.2. The fourth-order valence-corrected chi connectivity index (χ4v) is 3.23. The Bertz CT molecular complexity index is 633. The molecule has 1 unspecified atom stereocenters. The minimum absolute atomic E-state index is 0.115. The van der Waals surface area contributed by atoms with E-state index in [0.717, 1.165) is 0 Å². The molecule has 0 bridgehead atoms. The molecule has 1 aromatic carbocycles. The average molecular weight is 334 g/mol. The third-order valence-corrected chi connectivity index (χ3v) is 4.47. The number of rotatable bonds is 4. The predicted molar refractivity (Wildman–Crippen MR) is 88.8 cm³/mol. The maximum absolute atomic E-state index is 12.1. The second-order valence-electron chi connectivity index (χ2n) is 4.76. The Morgan fingerprint density at radius 1 is 1.35 bits per heavy atom. The third kappa shape index (κ3) is 4.10. The second-order valence-corrected chi connectivity index (χ2v) is 5.93. The van der Waals surface area contributed by atoms with E-state index in [2.05, 4.69) is 15.8 Å². The van der Waals surface area contributed by atoms with Gasteiger partial charge in [0.25, 0.3) is 5.91 Å². The molecule has 7 nitrogen and oxygen atoms in total. The first kappa shape index (κ1) is 17.0. The molecule has 1 heterocycles. The van der Waals surface area contributed by atoms with Crippen molar-refractivity contribution in [3.05, 3.63) is 35.9 Å². The van der Waals surface area contributed by atoms with Crippen LogP contribution >= 0.6 is 11.8 Å². The van der Waals surface area contributed by atoms with Crippen LogP contribution < -0.4 is 10.7 Å². The normalized spacial score (nSPS) is 19.6. The smallest absolute Gasteiger partial charge is 0.271 e. The molecule has 1 aliphatic rings. The lowest BCUT2D eigenvalue weighted by Crippen LogP contribution is -2.46. The van der Waals surface area contributed by atoms with E-state index < -0.39 is 5.25 Å². The van der Waals surface area contributed by atoms with Gasteiger partial charge in [-0.3, -0.25) is 19.3 Å². The highest BCUT2D eigenvalue weighted by molar-refractivity contribution is 8.15. The summed E-state index contributed by atoms with van der Waals surface area (Å²) in [5, 5.41) is 6.34. The van der Waals surface area contributed by atoms with Crippen LogP contribution in [0.3, 0.4) is 0 Å². The number of benzene rings is 1. The molecule has 3 amide bonds. The number of amidine groups is 1. The first-order valence-corrected chi connectivity index (χ1v) is 8.06.